The molecule has 1 rings (SSSR count). The maximum Gasteiger partial charge on any atom is 0.342 e. The summed E-state index contributed by atoms with van der Waals surface area (Å²) >= 11 is 0. The Kier molecular flexibility index (Phi) is 5.91. The van der Waals surface area contributed by atoms with Crippen molar-refractivity contribution in [2.45, 2.75) is 57.2 Å². The minimum Gasteiger partial charge on any atom is -0.479 e. The van der Waals surface area contributed by atoms with Crippen LogP contribution in [-0.4, -0.2) is 41.4 Å². The number of carboxylic acid groups (broad SMARTS) is 1. The third-order valence-corrected chi connectivity index (χ3v) is 3.31. The summed E-state index contributed by atoms with van der Waals surface area (Å²) in [5.74, 6) is -2.91. The second kappa shape index (κ2) is 7.21. The van der Waals surface area contributed by atoms with Gasteiger partial charge in [0, 0.05) is 6.92 Å². The van der Waals surface area contributed by atoms with E-state index in [0.29, 0.717) is 12.8 Å². The van der Waals surface area contributed by atoms with Crippen LogP contribution in [-0.2, 0) is 23.9 Å². The monoisotopic (exact) mass is 290 g/mol. The molecule has 0 bridgehead atoms. The highest BCUT2D eigenvalue weighted by Crippen LogP contribution is 2.36. The van der Waals surface area contributed by atoms with Crippen LogP contribution >= 0.6 is 0 Å². The van der Waals surface area contributed by atoms with E-state index in [-0.39, 0.29) is 25.9 Å². The normalized spacial score (nSPS) is 18.9. The largest absolute Gasteiger partial charge is 0.479 e. The highest BCUT2D eigenvalue weighted by molar-refractivity contribution is 5.76. The van der Waals surface area contributed by atoms with Gasteiger partial charge >= 0.3 is 17.9 Å². The first-order valence-electron chi connectivity index (χ1n) is 6.59. The maximum absolute atomic E-state index is 13.9. The Bertz CT molecular complexity index is 375. The second-order valence-electron chi connectivity index (χ2n) is 4.89. The zero-order chi connectivity index (χ0) is 15.2. The van der Waals surface area contributed by atoms with Crippen LogP contribution in [0.25, 0.3) is 0 Å². The molecule has 20 heavy (non-hydrogen) atoms. The molecule has 0 aromatic rings. The highest BCUT2D eigenvalue weighted by atomic mass is 19.1. The fourth-order valence-corrected chi connectivity index (χ4v) is 2.34. The third kappa shape index (κ3) is 4.47. The number of hydrogen-bond donors (Lipinski definition) is 1. The number of halogens is 1. The molecule has 1 fully saturated rings. The van der Waals surface area contributed by atoms with Crippen molar-refractivity contribution >= 4 is 17.9 Å². The van der Waals surface area contributed by atoms with E-state index in [9.17, 15) is 18.8 Å². The first-order valence-corrected chi connectivity index (χ1v) is 6.59. The van der Waals surface area contributed by atoms with Crippen molar-refractivity contribution in [3.8, 4) is 0 Å². The Balaban J connectivity index is 2.62. The third-order valence-electron chi connectivity index (χ3n) is 3.31. The van der Waals surface area contributed by atoms with E-state index in [2.05, 4.69) is 4.74 Å². The Hall–Kier alpha value is -1.66. The molecule has 0 saturated heterocycles. The molecule has 1 N–H and O–H groups in total. The first-order chi connectivity index (χ1) is 9.37. The number of alkyl halides is 1. The molecule has 7 heteroatoms. The van der Waals surface area contributed by atoms with Gasteiger partial charge < -0.3 is 14.6 Å². The molecule has 0 spiro atoms. The van der Waals surface area contributed by atoms with Gasteiger partial charge in [-0.1, -0.05) is 6.42 Å². The molecular weight excluding hydrogens is 271 g/mol. The molecule has 6 nitrogen and oxygen atoms in total. The topological polar surface area (TPSA) is 89.9 Å². The average Bonchev–Trinajstić information content (AvgIpc) is 2.38. The van der Waals surface area contributed by atoms with Gasteiger partial charge in [-0.05, 0) is 25.7 Å². The van der Waals surface area contributed by atoms with E-state index < -0.39 is 29.7 Å². The summed E-state index contributed by atoms with van der Waals surface area (Å²) < 4.78 is 23.6. The molecule has 114 valence electrons. The lowest BCUT2D eigenvalue weighted by Gasteiger charge is -2.37. The number of carbonyl (C=O) groups excluding carboxylic acids is 2. The van der Waals surface area contributed by atoms with Crippen molar-refractivity contribution in [3.63, 3.8) is 0 Å². The highest BCUT2D eigenvalue weighted by Gasteiger charge is 2.47. The molecule has 1 aliphatic rings. The van der Waals surface area contributed by atoms with Crippen molar-refractivity contribution in [1.29, 1.82) is 0 Å². The van der Waals surface area contributed by atoms with Crippen LogP contribution in [0.4, 0.5) is 4.39 Å². The summed E-state index contributed by atoms with van der Waals surface area (Å²) in [7, 11) is 0. The molecular formula is C13H19FO6. The summed E-state index contributed by atoms with van der Waals surface area (Å²) in [6.07, 6.45) is 0.0304. The Labute approximate surface area is 116 Å². The molecule has 0 heterocycles. The van der Waals surface area contributed by atoms with Crippen LogP contribution in [0.3, 0.4) is 0 Å². The molecule has 0 amide bonds. The number of ether oxygens (including phenoxy) is 2. The van der Waals surface area contributed by atoms with E-state index in [1.807, 2.05) is 0 Å². The molecule has 1 saturated carbocycles. The lowest BCUT2D eigenvalue weighted by Crippen LogP contribution is -2.49. The van der Waals surface area contributed by atoms with Gasteiger partial charge in [0.25, 0.3) is 0 Å². The van der Waals surface area contributed by atoms with Crippen LogP contribution in [0.5, 0.6) is 0 Å². The SMILES string of the molecule is CC(=O)OCCC(=O)OC1(C(F)C(=O)O)CCCCC1. The number of aliphatic carboxylic acids is 1. The summed E-state index contributed by atoms with van der Waals surface area (Å²) in [6.45, 7) is 1.05. The van der Waals surface area contributed by atoms with Crippen LogP contribution < -0.4 is 0 Å². The van der Waals surface area contributed by atoms with Gasteiger partial charge in [-0.25, -0.2) is 9.18 Å². The fourth-order valence-electron chi connectivity index (χ4n) is 2.34. The van der Waals surface area contributed by atoms with Crippen LogP contribution in [0.15, 0.2) is 0 Å². The van der Waals surface area contributed by atoms with Gasteiger partial charge in [0.15, 0.2) is 5.60 Å². The Morgan fingerprint density at radius 1 is 1.25 bits per heavy atom. The molecule has 1 atom stereocenters. The van der Waals surface area contributed by atoms with Gasteiger partial charge in [-0.2, -0.15) is 0 Å². The molecule has 1 aliphatic carbocycles. The summed E-state index contributed by atoms with van der Waals surface area (Å²) in [6, 6.07) is 0. The summed E-state index contributed by atoms with van der Waals surface area (Å²) in [5.41, 5.74) is -1.59. The molecule has 0 aliphatic heterocycles. The van der Waals surface area contributed by atoms with E-state index in [1.54, 1.807) is 0 Å². The van der Waals surface area contributed by atoms with Crippen molar-refractivity contribution in [1.82, 2.24) is 0 Å². The molecule has 0 aromatic carbocycles. The Morgan fingerprint density at radius 3 is 2.35 bits per heavy atom. The standard InChI is InChI=1S/C13H19FO6/c1-9(15)19-8-5-10(16)20-13(11(14)12(17)18)6-3-2-4-7-13/h11H,2-8H2,1H3,(H,17,18). The molecule has 1 unspecified atom stereocenters. The average molecular weight is 290 g/mol. The lowest BCUT2D eigenvalue weighted by atomic mass is 9.81. The zero-order valence-corrected chi connectivity index (χ0v) is 11.4. The predicted molar refractivity (Wildman–Crippen MR) is 65.7 cm³/mol. The quantitative estimate of drug-likeness (QED) is 0.747. The van der Waals surface area contributed by atoms with E-state index in [0.717, 1.165) is 6.42 Å². The van der Waals surface area contributed by atoms with Crippen LogP contribution in [0, 0.1) is 0 Å². The zero-order valence-electron chi connectivity index (χ0n) is 11.4. The van der Waals surface area contributed by atoms with Crippen molar-refractivity contribution in [2.24, 2.45) is 0 Å². The number of carboxylic acids is 1. The number of esters is 2. The fraction of sp³-hybridized carbons (Fsp3) is 0.769. The first kappa shape index (κ1) is 16.4. The molecule has 0 radical (unpaired) electrons. The van der Waals surface area contributed by atoms with Crippen molar-refractivity contribution in [3.05, 3.63) is 0 Å². The van der Waals surface area contributed by atoms with Gasteiger partial charge in [-0.15, -0.1) is 0 Å². The second-order valence-corrected chi connectivity index (χ2v) is 4.89. The minimum atomic E-state index is -2.24. The van der Waals surface area contributed by atoms with Gasteiger partial charge in [0.05, 0.1) is 6.42 Å². The van der Waals surface area contributed by atoms with Gasteiger partial charge in [0.2, 0.25) is 6.17 Å². The smallest absolute Gasteiger partial charge is 0.342 e. The van der Waals surface area contributed by atoms with Crippen molar-refractivity contribution < 1.29 is 33.4 Å². The number of rotatable bonds is 6. The predicted octanol–water partition coefficient (Wildman–Crippen LogP) is 1.61. The maximum atomic E-state index is 13.9. The van der Waals surface area contributed by atoms with E-state index >= 15 is 0 Å². The van der Waals surface area contributed by atoms with E-state index in [4.69, 9.17) is 9.84 Å². The lowest BCUT2D eigenvalue weighted by molar-refractivity contribution is -0.181. The van der Waals surface area contributed by atoms with E-state index in [1.165, 1.54) is 6.92 Å². The minimum absolute atomic E-state index is 0.158. The summed E-state index contributed by atoms with van der Waals surface area (Å²) in [5, 5.41) is 8.83. The number of carbonyl (C=O) groups is 3. The summed E-state index contributed by atoms with van der Waals surface area (Å²) in [4.78, 5) is 33.1. The van der Waals surface area contributed by atoms with Crippen LogP contribution in [0.1, 0.15) is 45.4 Å². The van der Waals surface area contributed by atoms with Crippen molar-refractivity contribution in [2.75, 3.05) is 6.61 Å². The number of hydrogen-bond acceptors (Lipinski definition) is 5. The van der Waals surface area contributed by atoms with Gasteiger partial charge in [-0.3, -0.25) is 9.59 Å². The Morgan fingerprint density at radius 2 is 1.85 bits per heavy atom. The molecule has 0 aromatic heterocycles. The van der Waals surface area contributed by atoms with Gasteiger partial charge in [0.1, 0.15) is 6.61 Å². The van der Waals surface area contributed by atoms with Crippen LogP contribution in [0.2, 0.25) is 0 Å².